The SMILES string of the molecule is O=C(O)c1cn(C2CCN(C(=O)c3ccc4c(c3)CCC4)CC2)nn1. The predicted molar refractivity (Wildman–Crippen MR) is 89.6 cm³/mol. The highest BCUT2D eigenvalue weighted by molar-refractivity contribution is 5.94. The molecule has 0 bridgehead atoms. The number of aromatic carboxylic acids is 1. The van der Waals surface area contributed by atoms with Gasteiger partial charge < -0.3 is 10.0 Å². The molecular weight excluding hydrogens is 320 g/mol. The van der Waals surface area contributed by atoms with Gasteiger partial charge in [-0.15, -0.1) is 5.10 Å². The van der Waals surface area contributed by atoms with Gasteiger partial charge in [-0.2, -0.15) is 0 Å². The van der Waals surface area contributed by atoms with E-state index in [1.807, 2.05) is 17.0 Å². The van der Waals surface area contributed by atoms with Crippen molar-refractivity contribution in [2.24, 2.45) is 0 Å². The van der Waals surface area contributed by atoms with Crippen LogP contribution in [0.25, 0.3) is 0 Å². The molecule has 25 heavy (non-hydrogen) atoms. The van der Waals surface area contributed by atoms with Crippen LogP contribution >= 0.6 is 0 Å². The average molecular weight is 340 g/mol. The second kappa shape index (κ2) is 6.31. The molecule has 1 amide bonds. The normalized spacial score (nSPS) is 17.5. The number of hydrogen-bond acceptors (Lipinski definition) is 4. The zero-order valence-electron chi connectivity index (χ0n) is 13.9. The third kappa shape index (κ3) is 3.01. The van der Waals surface area contributed by atoms with E-state index in [2.05, 4.69) is 16.4 Å². The molecular formula is C18H20N4O3. The molecule has 1 aliphatic heterocycles. The summed E-state index contributed by atoms with van der Waals surface area (Å²) >= 11 is 0. The number of carbonyl (C=O) groups is 2. The van der Waals surface area contributed by atoms with Crippen molar-refractivity contribution < 1.29 is 14.7 Å². The molecule has 0 unspecified atom stereocenters. The molecule has 130 valence electrons. The van der Waals surface area contributed by atoms with Gasteiger partial charge in [0.25, 0.3) is 5.91 Å². The van der Waals surface area contributed by atoms with Crippen LogP contribution in [0.4, 0.5) is 0 Å². The maximum Gasteiger partial charge on any atom is 0.358 e. The third-order valence-electron chi connectivity index (χ3n) is 5.20. The number of piperidine rings is 1. The second-order valence-corrected chi connectivity index (χ2v) is 6.75. The number of benzene rings is 1. The van der Waals surface area contributed by atoms with Gasteiger partial charge in [-0.25, -0.2) is 9.48 Å². The van der Waals surface area contributed by atoms with Crippen molar-refractivity contribution in [2.45, 2.75) is 38.1 Å². The number of carboxylic acids is 1. The van der Waals surface area contributed by atoms with Gasteiger partial charge >= 0.3 is 5.97 Å². The molecule has 4 rings (SSSR count). The molecule has 1 aromatic heterocycles. The number of aryl methyl sites for hydroxylation is 2. The lowest BCUT2D eigenvalue weighted by atomic mass is 10.0. The number of carbonyl (C=O) groups excluding carboxylic acids is 1. The van der Waals surface area contributed by atoms with Crippen molar-refractivity contribution in [3.05, 3.63) is 46.8 Å². The summed E-state index contributed by atoms with van der Waals surface area (Å²) in [6, 6.07) is 6.16. The van der Waals surface area contributed by atoms with Gasteiger partial charge in [-0.05, 0) is 55.4 Å². The lowest BCUT2D eigenvalue weighted by Gasteiger charge is -2.32. The van der Waals surface area contributed by atoms with E-state index in [-0.39, 0.29) is 17.6 Å². The largest absolute Gasteiger partial charge is 0.476 e. The topological polar surface area (TPSA) is 88.3 Å². The fourth-order valence-electron chi connectivity index (χ4n) is 3.77. The van der Waals surface area contributed by atoms with Crippen LogP contribution in [0, 0.1) is 0 Å². The van der Waals surface area contributed by atoms with E-state index >= 15 is 0 Å². The van der Waals surface area contributed by atoms with Crippen LogP contribution in [0.2, 0.25) is 0 Å². The first-order chi connectivity index (χ1) is 12.1. The summed E-state index contributed by atoms with van der Waals surface area (Å²) in [7, 11) is 0. The average Bonchev–Trinajstić information content (AvgIpc) is 3.30. The quantitative estimate of drug-likeness (QED) is 0.922. The Morgan fingerprint density at radius 1 is 1.12 bits per heavy atom. The van der Waals surface area contributed by atoms with Crippen LogP contribution in [0.5, 0.6) is 0 Å². The zero-order chi connectivity index (χ0) is 17.4. The lowest BCUT2D eigenvalue weighted by Crippen LogP contribution is -2.39. The Bertz CT molecular complexity index is 821. The number of aromatic nitrogens is 3. The van der Waals surface area contributed by atoms with Crippen molar-refractivity contribution in [3.63, 3.8) is 0 Å². The van der Waals surface area contributed by atoms with Crippen molar-refractivity contribution in [3.8, 4) is 0 Å². The molecule has 2 aliphatic rings. The highest BCUT2D eigenvalue weighted by Gasteiger charge is 2.26. The molecule has 2 aromatic rings. The highest BCUT2D eigenvalue weighted by atomic mass is 16.4. The van der Waals surface area contributed by atoms with Gasteiger partial charge in [0.15, 0.2) is 5.69 Å². The fourth-order valence-corrected chi connectivity index (χ4v) is 3.77. The van der Waals surface area contributed by atoms with Crippen LogP contribution in [-0.4, -0.2) is 50.0 Å². The number of hydrogen-bond donors (Lipinski definition) is 1. The van der Waals surface area contributed by atoms with E-state index in [1.54, 1.807) is 4.68 Å². The van der Waals surface area contributed by atoms with Crippen molar-refractivity contribution in [2.75, 3.05) is 13.1 Å². The minimum Gasteiger partial charge on any atom is -0.476 e. The number of nitrogens with zero attached hydrogens (tertiary/aromatic N) is 4. The summed E-state index contributed by atoms with van der Waals surface area (Å²) in [5, 5.41) is 16.5. The molecule has 1 N–H and O–H groups in total. The monoisotopic (exact) mass is 340 g/mol. The molecule has 1 aromatic carbocycles. The second-order valence-electron chi connectivity index (χ2n) is 6.75. The fraction of sp³-hybridized carbons (Fsp3) is 0.444. The Hall–Kier alpha value is -2.70. The van der Waals surface area contributed by atoms with Gasteiger partial charge in [-0.1, -0.05) is 11.3 Å². The van der Waals surface area contributed by atoms with Crippen molar-refractivity contribution in [1.29, 1.82) is 0 Å². The van der Waals surface area contributed by atoms with E-state index in [9.17, 15) is 9.59 Å². The van der Waals surface area contributed by atoms with Crippen LogP contribution in [0.1, 0.15) is 57.3 Å². The minimum atomic E-state index is -1.07. The van der Waals surface area contributed by atoms with E-state index < -0.39 is 5.97 Å². The third-order valence-corrected chi connectivity index (χ3v) is 5.20. The maximum atomic E-state index is 12.7. The number of fused-ring (bicyclic) bond motifs is 1. The molecule has 7 heteroatoms. The highest BCUT2D eigenvalue weighted by Crippen LogP contribution is 2.26. The molecule has 2 heterocycles. The summed E-state index contributed by atoms with van der Waals surface area (Å²) in [5.74, 6) is -0.992. The summed E-state index contributed by atoms with van der Waals surface area (Å²) in [6.07, 6.45) is 6.32. The molecule has 0 spiro atoms. The predicted octanol–water partition coefficient (Wildman–Crippen LogP) is 1.94. The molecule has 0 atom stereocenters. The van der Waals surface area contributed by atoms with E-state index in [4.69, 9.17) is 5.11 Å². The Labute approximate surface area is 145 Å². The molecule has 1 saturated heterocycles. The Kier molecular flexibility index (Phi) is 3.99. The molecule has 1 aliphatic carbocycles. The number of likely N-dealkylation sites (tertiary alicyclic amines) is 1. The van der Waals surface area contributed by atoms with Crippen LogP contribution < -0.4 is 0 Å². The van der Waals surface area contributed by atoms with Gasteiger partial charge in [0.2, 0.25) is 0 Å². The first-order valence-electron chi connectivity index (χ1n) is 8.68. The molecule has 0 radical (unpaired) electrons. The van der Waals surface area contributed by atoms with E-state index in [0.717, 1.165) is 31.2 Å². The number of rotatable bonds is 3. The molecule has 0 saturated carbocycles. The minimum absolute atomic E-state index is 0.0448. The van der Waals surface area contributed by atoms with Crippen molar-refractivity contribution in [1.82, 2.24) is 19.9 Å². The number of carboxylic acid groups (broad SMARTS) is 1. The smallest absolute Gasteiger partial charge is 0.358 e. The van der Waals surface area contributed by atoms with Gasteiger partial charge in [0.1, 0.15) is 0 Å². The Morgan fingerprint density at radius 3 is 2.60 bits per heavy atom. The first kappa shape index (κ1) is 15.8. The molecule has 1 fully saturated rings. The van der Waals surface area contributed by atoms with Gasteiger partial charge in [0, 0.05) is 18.7 Å². The summed E-state index contributed by atoms with van der Waals surface area (Å²) in [4.78, 5) is 25.5. The first-order valence-corrected chi connectivity index (χ1v) is 8.68. The maximum absolute atomic E-state index is 12.7. The summed E-state index contributed by atoms with van der Waals surface area (Å²) in [5.41, 5.74) is 3.41. The summed E-state index contributed by atoms with van der Waals surface area (Å²) in [6.45, 7) is 1.28. The van der Waals surface area contributed by atoms with Crippen LogP contribution in [0.15, 0.2) is 24.4 Å². The van der Waals surface area contributed by atoms with Crippen LogP contribution in [-0.2, 0) is 12.8 Å². The molecule has 7 nitrogen and oxygen atoms in total. The van der Waals surface area contributed by atoms with E-state index in [1.165, 1.54) is 23.7 Å². The standard InChI is InChI=1S/C18H20N4O3/c23-17(14-5-4-12-2-1-3-13(12)10-14)21-8-6-15(7-9-21)22-11-16(18(24)25)19-20-22/h4-5,10-11,15H,1-3,6-9H2,(H,24,25). The Balaban J connectivity index is 1.41. The Morgan fingerprint density at radius 2 is 1.88 bits per heavy atom. The number of amides is 1. The summed E-state index contributed by atoms with van der Waals surface area (Å²) < 4.78 is 1.61. The van der Waals surface area contributed by atoms with Gasteiger partial charge in [0.05, 0.1) is 12.2 Å². The van der Waals surface area contributed by atoms with Gasteiger partial charge in [-0.3, -0.25) is 4.79 Å². The zero-order valence-corrected chi connectivity index (χ0v) is 13.9. The van der Waals surface area contributed by atoms with Crippen molar-refractivity contribution >= 4 is 11.9 Å². The van der Waals surface area contributed by atoms with Crippen LogP contribution in [0.3, 0.4) is 0 Å². The van der Waals surface area contributed by atoms with E-state index in [0.29, 0.717) is 13.1 Å². The lowest BCUT2D eigenvalue weighted by molar-refractivity contribution is 0.0683.